The summed E-state index contributed by atoms with van der Waals surface area (Å²) in [5.41, 5.74) is 9.11. The van der Waals surface area contributed by atoms with Crippen LogP contribution in [0.5, 0.6) is 5.88 Å². The van der Waals surface area contributed by atoms with Crippen LogP contribution in [-0.2, 0) is 0 Å². The van der Waals surface area contributed by atoms with Crippen molar-refractivity contribution in [2.24, 2.45) is 0 Å². The molecule has 7 heteroatoms. The summed E-state index contributed by atoms with van der Waals surface area (Å²) in [6.07, 6.45) is 3.39. The SMILES string of the molecule is CCOc1nc(N)nc2ncc(-c3ccnc(C)c3)nc12. The summed E-state index contributed by atoms with van der Waals surface area (Å²) in [6, 6.07) is 3.82. The molecule has 0 bridgehead atoms. The predicted octanol–water partition coefficient (Wildman–Crippen LogP) is 1.77. The molecule has 0 fully saturated rings. The second-order valence-electron chi connectivity index (χ2n) is 4.43. The highest BCUT2D eigenvalue weighted by molar-refractivity contribution is 5.79. The number of anilines is 1. The highest BCUT2D eigenvalue weighted by Gasteiger charge is 2.12. The lowest BCUT2D eigenvalue weighted by Gasteiger charge is -2.07. The van der Waals surface area contributed by atoms with Gasteiger partial charge in [0.1, 0.15) is 0 Å². The van der Waals surface area contributed by atoms with Crippen LogP contribution in [0.4, 0.5) is 5.95 Å². The number of nitrogens with two attached hydrogens (primary N) is 1. The van der Waals surface area contributed by atoms with Crippen molar-refractivity contribution < 1.29 is 4.74 Å². The average molecular weight is 282 g/mol. The lowest BCUT2D eigenvalue weighted by molar-refractivity contribution is 0.330. The number of aromatic nitrogens is 5. The molecule has 0 saturated carbocycles. The number of rotatable bonds is 3. The van der Waals surface area contributed by atoms with Crippen LogP contribution in [-0.4, -0.2) is 31.5 Å². The van der Waals surface area contributed by atoms with Gasteiger partial charge in [-0.15, -0.1) is 0 Å². The van der Waals surface area contributed by atoms with E-state index in [9.17, 15) is 0 Å². The van der Waals surface area contributed by atoms with Crippen LogP contribution in [0.1, 0.15) is 12.6 Å². The molecular weight excluding hydrogens is 268 g/mol. The Labute approximate surface area is 121 Å². The van der Waals surface area contributed by atoms with Crippen LogP contribution in [0.15, 0.2) is 24.5 Å². The molecule has 0 aromatic carbocycles. The minimum atomic E-state index is 0.118. The van der Waals surface area contributed by atoms with E-state index in [-0.39, 0.29) is 5.95 Å². The quantitative estimate of drug-likeness (QED) is 0.781. The van der Waals surface area contributed by atoms with E-state index in [0.717, 1.165) is 11.3 Å². The van der Waals surface area contributed by atoms with E-state index in [2.05, 4.69) is 24.9 Å². The van der Waals surface area contributed by atoms with Crippen LogP contribution in [0, 0.1) is 6.92 Å². The Kier molecular flexibility index (Phi) is 3.31. The minimum Gasteiger partial charge on any atom is -0.476 e. The number of hydrogen-bond donors (Lipinski definition) is 1. The number of pyridine rings is 1. The van der Waals surface area contributed by atoms with Gasteiger partial charge in [-0.1, -0.05) is 0 Å². The summed E-state index contributed by atoms with van der Waals surface area (Å²) >= 11 is 0. The highest BCUT2D eigenvalue weighted by atomic mass is 16.5. The zero-order valence-electron chi connectivity index (χ0n) is 11.7. The fraction of sp³-hybridized carbons (Fsp3) is 0.214. The fourth-order valence-electron chi connectivity index (χ4n) is 1.98. The number of fused-ring (bicyclic) bond motifs is 1. The first kappa shape index (κ1) is 13.2. The first-order valence-corrected chi connectivity index (χ1v) is 6.53. The van der Waals surface area contributed by atoms with Crippen LogP contribution in [0.25, 0.3) is 22.4 Å². The fourth-order valence-corrected chi connectivity index (χ4v) is 1.98. The van der Waals surface area contributed by atoms with E-state index >= 15 is 0 Å². The standard InChI is InChI=1S/C14H14N6O/c1-3-21-13-11-12(19-14(15)20-13)17-7-10(18-11)9-4-5-16-8(2)6-9/h4-7H,3H2,1-2H3,(H2,15,17,19,20). The molecule has 0 atom stereocenters. The van der Waals surface area contributed by atoms with E-state index in [0.29, 0.717) is 29.3 Å². The van der Waals surface area contributed by atoms with Gasteiger partial charge in [0.25, 0.3) is 0 Å². The van der Waals surface area contributed by atoms with Crippen LogP contribution in [0.2, 0.25) is 0 Å². The van der Waals surface area contributed by atoms with Crippen molar-refractivity contribution in [3.8, 4) is 17.1 Å². The lowest BCUT2D eigenvalue weighted by atomic mass is 10.2. The Morgan fingerprint density at radius 1 is 1.19 bits per heavy atom. The van der Waals surface area contributed by atoms with E-state index < -0.39 is 0 Å². The van der Waals surface area contributed by atoms with E-state index in [1.165, 1.54) is 0 Å². The zero-order valence-corrected chi connectivity index (χ0v) is 11.7. The highest BCUT2D eigenvalue weighted by Crippen LogP contribution is 2.24. The molecule has 3 heterocycles. The molecular formula is C14H14N6O. The van der Waals surface area contributed by atoms with Crippen molar-refractivity contribution in [3.05, 3.63) is 30.2 Å². The molecule has 21 heavy (non-hydrogen) atoms. The molecule has 0 amide bonds. The molecule has 7 nitrogen and oxygen atoms in total. The number of nitrogens with zero attached hydrogens (tertiary/aromatic N) is 5. The Morgan fingerprint density at radius 3 is 2.81 bits per heavy atom. The molecule has 0 aliphatic heterocycles. The maximum atomic E-state index is 5.65. The molecule has 106 valence electrons. The van der Waals surface area contributed by atoms with Gasteiger partial charge in [0.2, 0.25) is 11.8 Å². The summed E-state index contributed by atoms with van der Waals surface area (Å²) in [4.78, 5) is 21.2. The first-order valence-electron chi connectivity index (χ1n) is 6.53. The summed E-state index contributed by atoms with van der Waals surface area (Å²) in [6.45, 7) is 4.26. The summed E-state index contributed by atoms with van der Waals surface area (Å²) in [5.74, 6) is 0.466. The van der Waals surface area contributed by atoms with Gasteiger partial charge in [-0.3, -0.25) is 4.98 Å². The zero-order chi connectivity index (χ0) is 14.8. The molecule has 2 N–H and O–H groups in total. The second kappa shape index (κ2) is 5.28. The maximum Gasteiger partial charge on any atom is 0.247 e. The van der Waals surface area contributed by atoms with Gasteiger partial charge in [-0.2, -0.15) is 9.97 Å². The number of nitrogen functional groups attached to an aromatic ring is 1. The third-order valence-electron chi connectivity index (χ3n) is 2.87. The number of aryl methyl sites for hydroxylation is 1. The molecule has 3 aromatic heterocycles. The van der Waals surface area contributed by atoms with Gasteiger partial charge in [0.15, 0.2) is 11.2 Å². The van der Waals surface area contributed by atoms with Crippen LogP contribution in [0.3, 0.4) is 0 Å². The Balaban J connectivity index is 2.19. The molecule has 0 unspecified atom stereocenters. The van der Waals surface area contributed by atoms with Gasteiger partial charge < -0.3 is 10.5 Å². The van der Waals surface area contributed by atoms with Crippen molar-refractivity contribution in [3.63, 3.8) is 0 Å². The maximum absolute atomic E-state index is 5.65. The second-order valence-corrected chi connectivity index (χ2v) is 4.43. The normalized spacial score (nSPS) is 10.8. The van der Waals surface area contributed by atoms with Gasteiger partial charge >= 0.3 is 0 Å². The molecule has 0 radical (unpaired) electrons. The molecule has 0 spiro atoms. The Bertz CT molecular complexity index is 805. The van der Waals surface area contributed by atoms with Gasteiger partial charge in [0.05, 0.1) is 18.5 Å². The van der Waals surface area contributed by atoms with Gasteiger partial charge in [-0.25, -0.2) is 9.97 Å². The number of hydrogen-bond acceptors (Lipinski definition) is 7. The molecule has 3 aromatic rings. The van der Waals surface area contributed by atoms with E-state index in [4.69, 9.17) is 10.5 Å². The third-order valence-corrected chi connectivity index (χ3v) is 2.87. The van der Waals surface area contributed by atoms with Crippen molar-refractivity contribution in [1.29, 1.82) is 0 Å². The smallest absolute Gasteiger partial charge is 0.247 e. The largest absolute Gasteiger partial charge is 0.476 e. The van der Waals surface area contributed by atoms with Gasteiger partial charge in [0, 0.05) is 17.5 Å². The molecule has 0 saturated heterocycles. The first-order chi connectivity index (χ1) is 10.2. The average Bonchev–Trinajstić information content (AvgIpc) is 2.47. The van der Waals surface area contributed by atoms with E-state index in [1.54, 1.807) is 12.4 Å². The van der Waals surface area contributed by atoms with Crippen molar-refractivity contribution in [2.45, 2.75) is 13.8 Å². The van der Waals surface area contributed by atoms with Crippen molar-refractivity contribution >= 4 is 17.1 Å². The van der Waals surface area contributed by atoms with Crippen LogP contribution < -0.4 is 10.5 Å². The summed E-state index contributed by atoms with van der Waals surface area (Å²) in [5, 5.41) is 0. The topological polar surface area (TPSA) is 99.7 Å². The minimum absolute atomic E-state index is 0.118. The monoisotopic (exact) mass is 282 g/mol. The number of ether oxygens (including phenoxy) is 1. The molecule has 0 aliphatic carbocycles. The predicted molar refractivity (Wildman–Crippen MR) is 78.7 cm³/mol. The third kappa shape index (κ3) is 2.58. The summed E-state index contributed by atoms with van der Waals surface area (Å²) < 4.78 is 5.47. The van der Waals surface area contributed by atoms with Crippen LogP contribution >= 0.6 is 0 Å². The summed E-state index contributed by atoms with van der Waals surface area (Å²) in [7, 11) is 0. The Morgan fingerprint density at radius 2 is 2.05 bits per heavy atom. The van der Waals surface area contributed by atoms with Crippen molar-refractivity contribution in [1.82, 2.24) is 24.9 Å². The Hall–Kier alpha value is -2.83. The molecule has 3 rings (SSSR count). The lowest BCUT2D eigenvalue weighted by Crippen LogP contribution is -2.04. The van der Waals surface area contributed by atoms with E-state index in [1.807, 2.05) is 26.0 Å². The molecule has 0 aliphatic rings. The van der Waals surface area contributed by atoms with Gasteiger partial charge in [-0.05, 0) is 26.0 Å². The van der Waals surface area contributed by atoms with Crippen molar-refractivity contribution in [2.75, 3.05) is 12.3 Å².